The number of benzene rings is 1. The number of carbonyl (C=O) groups is 2. The number of ether oxygens (including phenoxy) is 2. The Morgan fingerprint density at radius 3 is 2.37 bits per heavy atom. The highest BCUT2D eigenvalue weighted by atomic mass is 19.1. The fraction of sp³-hybridized carbons (Fsp3) is 0.429. The topological polar surface area (TPSA) is 52.6 Å². The third-order valence-corrected chi connectivity index (χ3v) is 2.03. The SMILES string of the molecule is CC.CC(=O)OCOC(=O)Cc1ccc(C)cc1F. The Kier molecular flexibility index (Phi) is 8.17. The standard InChI is InChI=1S/C12H13FO4.C2H6/c1-8-3-4-10(11(13)5-8)6-12(15)17-7-16-9(2)14;1-2/h3-5H,6-7H2,1-2H3;1-2H3. The van der Waals surface area contributed by atoms with Crippen molar-refractivity contribution in [2.45, 2.75) is 34.1 Å². The molecule has 1 rings (SSSR count). The van der Waals surface area contributed by atoms with Crippen molar-refractivity contribution in [3.05, 3.63) is 35.1 Å². The molecule has 0 N–H and O–H groups in total. The van der Waals surface area contributed by atoms with E-state index in [1.807, 2.05) is 13.8 Å². The van der Waals surface area contributed by atoms with Gasteiger partial charge in [-0.15, -0.1) is 0 Å². The molecule has 0 aliphatic heterocycles. The van der Waals surface area contributed by atoms with Crippen molar-refractivity contribution in [2.75, 3.05) is 6.79 Å². The maximum absolute atomic E-state index is 13.4. The summed E-state index contributed by atoms with van der Waals surface area (Å²) in [6.45, 7) is 6.51. The third-order valence-electron chi connectivity index (χ3n) is 2.03. The molecule has 0 aliphatic rings. The lowest BCUT2D eigenvalue weighted by molar-refractivity contribution is -0.165. The number of hydrogen-bond donors (Lipinski definition) is 0. The lowest BCUT2D eigenvalue weighted by Crippen LogP contribution is -2.13. The van der Waals surface area contributed by atoms with Crippen LogP contribution in [-0.2, 0) is 25.5 Å². The second kappa shape index (κ2) is 9.08. The molecule has 5 heteroatoms. The van der Waals surface area contributed by atoms with E-state index in [2.05, 4.69) is 9.47 Å². The van der Waals surface area contributed by atoms with E-state index in [1.54, 1.807) is 13.0 Å². The van der Waals surface area contributed by atoms with Gasteiger partial charge in [-0.2, -0.15) is 0 Å². The lowest BCUT2D eigenvalue weighted by Gasteiger charge is -2.05. The van der Waals surface area contributed by atoms with Crippen molar-refractivity contribution >= 4 is 11.9 Å². The highest BCUT2D eigenvalue weighted by Gasteiger charge is 2.09. The Bertz CT molecular complexity index is 429. The van der Waals surface area contributed by atoms with Crippen LogP contribution in [0.2, 0.25) is 0 Å². The minimum absolute atomic E-state index is 0.187. The van der Waals surface area contributed by atoms with Gasteiger partial charge in [0.15, 0.2) is 0 Å². The zero-order valence-electron chi connectivity index (χ0n) is 11.7. The summed E-state index contributed by atoms with van der Waals surface area (Å²) < 4.78 is 22.4. The summed E-state index contributed by atoms with van der Waals surface area (Å²) in [5, 5.41) is 0. The van der Waals surface area contributed by atoms with E-state index in [4.69, 9.17) is 0 Å². The van der Waals surface area contributed by atoms with Gasteiger partial charge in [0, 0.05) is 6.92 Å². The van der Waals surface area contributed by atoms with Gasteiger partial charge in [0.2, 0.25) is 6.79 Å². The molecule has 0 saturated heterocycles. The van der Waals surface area contributed by atoms with Gasteiger partial charge in [-0.1, -0.05) is 26.0 Å². The van der Waals surface area contributed by atoms with E-state index in [-0.39, 0.29) is 12.0 Å². The van der Waals surface area contributed by atoms with Crippen LogP contribution in [0, 0.1) is 12.7 Å². The number of aryl methyl sites for hydroxylation is 1. The van der Waals surface area contributed by atoms with Crippen LogP contribution in [0.25, 0.3) is 0 Å². The van der Waals surface area contributed by atoms with Gasteiger partial charge < -0.3 is 9.47 Å². The largest absolute Gasteiger partial charge is 0.428 e. The first-order valence-corrected chi connectivity index (χ1v) is 6.03. The van der Waals surface area contributed by atoms with E-state index in [1.165, 1.54) is 19.1 Å². The van der Waals surface area contributed by atoms with Crippen LogP contribution in [0.15, 0.2) is 18.2 Å². The van der Waals surface area contributed by atoms with Crippen LogP contribution < -0.4 is 0 Å². The molecule has 1 aromatic carbocycles. The Labute approximate surface area is 112 Å². The molecule has 0 atom stereocenters. The van der Waals surface area contributed by atoms with E-state index in [0.717, 1.165) is 5.56 Å². The van der Waals surface area contributed by atoms with Gasteiger partial charge in [-0.3, -0.25) is 9.59 Å². The van der Waals surface area contributed by atoms with Crippen LogP contribution in [0.3, 0.4) is 0 Å². The molecule has 0 unspecified atom stereocenters. The molecule has 0 radical (unpaired) electrons. The molecule has 0 amide bonds. The van der Waals surface area contributed by atoms with Crippen molar-refractivity contribution in [3.63, 3.8) is 0 Å². The van der Waals surface area contributed by atoms with Crippen molar-refractivity contribution in [3.8, 4) is 0 Å². The quantitative estimate of drug-likeness (QED) is 0.623. The fourth-order valence-corrected chi connectivity index (χ4v) is 1.18. The maximum Gasteiger partial charge on any atom is 0.313 e. The summed E-state index contributed by atoms with van der Waals surface area (Å²) >= 11 is 0. The van der Waals surface area contributed by atoms with Gasteiger partial charge in [0.05, 0.1) is 6.42 Å². The first-order chi connectivity index (χ1) is 8.99. The highest BCUT2D eigenvalue weighted by Crippen LogP contribution is 2.10. The summed E-state index contributed by atoms with van der Waals surface area (Å²) in [4.78, 5) is 21.7. The number of esters is 2. The Hall–Kier alpha value is -1.91. The molecule has 1 aromatic rings. The zero-order valence-corrected chi connectivity index (χ0v) is 11.7. The smallest absolute Gasteiger partial charge is 0.313 e. The molecule has 0 fully saturated rings. The molecule has 106 valence electrons. The lowest BCUT2D eigenvalue weighted by atomic mass is 10.1. The molecule has 0 heterocycles. The van der Waals surface area contributed by atoms with Crippen LogP contribution >= 0.6 is 0 Å². The Morgan fingerprint density at radius 2 is 1.84 bits per heavy atom. The number of hydrogen-bond acceptors (Lipinski definition) is 4. The first-order valence-electron chi connectivity index (χ1n) is 6.03. The van der Waals surface area contributed by atoms with Gasteiger partial charge in [-0.25, -0.2) is 4.39 Å². The summed E-state index contributed by atoms with van der Waals surface area (Å²) in [6, 6.07) is 4.57. The second-order valence-corrected chi connectivity index (χ2v) is 3.54. The van der Waals surface area contributed by atoms with Gasteiger partial charge in [-0.05, 0) is 24.1 Å². The number of halogens is 1. The first kappa shape index (κ1) is 17.1. The maximum atomic E-state index is 13.4. The van der Waals surface area contributed by atoms with E-state index >= 15 is 0 Å². The van der Waals surface area contributed by atoms with Crippen molar-refractivity contribution in [2.24, 2.45) is 0 Å². The summed E-state index contributed by atoms with van der Waals surface area (Å²) in [6.07, 6.45) is -0.187. The summed E-state index contributed by atoms with van der Waals surface area (Å²) in [5.41, 5.74) is 1.03. The second-order valence-electron chi connectivity index (χ2n) is 3.54. The molecule has 0 spiro atoms. The zero-order chi connectivity index (χ0) is 14.8. The highest BCUT2D eigenvalue weighted by molar-refractivity contribution is 5.73. The average molecular weight is 270 g/mol. The van der Waals surface area contributed by atoms with Crippen molar-refractivity contribution in [1.82, 2.24) is 0 Å². The predicted octanol–water partition coefficient (Wildman–Crippen LogP) is 2.77. The predicted molar refractivity (Wildman–Crippen MR) is 68.9 cm³/mol. The van der Waals surface area contributed by atoms with Crippen molar-refractivity contribution < 1.29 is 23.5 Å². The van der Waals surface area contributed by atoms with Crippen LogP contribution in [-0.4, -0.2) is 18.7 Å². The van der Waals surface area contributed by atoms with Gasteiger partial charge in [0.25, 0.3) is 0 Å². The number of rotatable bonds is 4. The monoisotopic (exact) mass is 270 g/mol. The van der Waals surface area contributed by atoms with Crippen LogP contribution in [0.1, 0.15) is 31.9 Å². The minimum atomic E-state index is -0.644. The van der Waals surface area contributed by atoms with Gasteiger partial charge >= 0.3 is 11.9 Å². The molecule has 0 bridgehead atoms. The molecule has 0 aromatic heterocycles. The summed E-state index contributed by atoms with van der Waals surface area (Å²) in [5.74, 6) is -1.64. The summed E-state index contributed by atoms with van der Waals surface area (Å²) in [7, 11) is 0. The van der Waals surface area contributed by atoms with Crippen molar-refractivity contribution in [1.29, 1.82) is 0 Å². The fourth-order valence-electron chi connectivity index (χ4n) is 1.18. The minimum Gasteiger partial charge on any atom is -0.428 e. The molecular weight excluding hydrogens is 251 g/mol. The molecule has 19 heavy (non-hydrogen) atoms. The molecule has 0 aliphatic carbocycles. The molecule has 4 nitrogen and oxygen atoms in total. The average Bonchev–Trinajstić information content (AvgIpc) is 2.35. The van der Waals surface area contributed by atoms with Gasteiger partial charge in [0.1, 0.15) is 5.82 Å². The molecular formula is C14H19FO4. The Balaban J connectivity index is 0.00000154. The van der Waals surface area contributed by atoms with E-state index < -0.39 is 24.5 Å². The Morgan fingerprint density at radius 1 is 1.21 bits per heavy atom. The van der Waals surface area contributed by atoms with E-state index in [9.17, 15) is 14.0 Å². The third kappa shape index (κ3) is 7.18. The molecule has 0 saturated carbocycles. The van der Waals surface area contributed by atoms with Crippen LogP contribution in [0.4, 0.5) is 4.39 Å². The number of carbonyl (C=O) groups excluding carboxylic acids is 2. The normalized spacial score (nSPS) is 9.11. The van der Waals surface area contributed by atoms with E-state index in [0.29, 0.717) is 0 Å². The van der Waals surface area contributed by atoms with Crippen LogP contribution in [0.5, 0.6) is 0 Å².